The third kappa shape index (κ3) is 1.70. The molecule has 0 aliphatic carbocycles. The maximum atomic E-state index is 5.22. The molecule has 0 unspecified atom stereocenters. The second-order valence-electron chi connectivity index (χ2n) is 2.78. The summed E-state index contributed by atoms with van der Waals surface area (Å²) in [7, 11) is 0. The van der Waals surface area contributed by atoms with Gasteiger partial charge in [-0.25, -0.2) is 15.8 Å². The first-order chi connectivity index (χ1) is 6.90. The van der Waals surface area contributed by atoms with Gasteiger partial charge in [-0.3, -0.25) is 5.43 Å². The Labute approximate surface area is 81.8 Å². The smallest absolute Gasteiger partial charge is 0.237 e. The average Bonchev–Trinajstić information content (AvgIpc) is 2.30. The standard InChI is InChI=1S/C10H10N4/c11-14-10-12-7-6-9(13-10)8-4-2-1-3-5-8/h1-7H,11H2,(H,12,13,14). The Bertz CT molecular complexity index is 413. The minimum absolute atomic E-state index is 0.423. The summed E-state index contributed by atoms with van der Waals surface area (Å²) in [6.07, 6.45) is 1.67. The van der Waals surface area contributed by atoms with Crippen LogP contribution in [-0.4, -0.2) is 9.97 Å². The van der Waals surface area contributed by atoms with Gasteiger partial charge in [0.15, 0.2) is 0 Å². The molecular formula is C10H10N4. The predicted molar refractivity (Wildman–Crippen MR) is 55.3 cm³/mol. The monoisotopic (exact) mass is 186 g/mol. The lowest BCUT2D eigenvalue weighted by molar-refractivity contribution is 1.12. The molecular weight excluding hydrogens is 176 g/mol. The molecule has 4 nitrogen and oxygen atoms in total. The summed E-state index contributed by atoms with van der Waals surface area (Å²) >= 11 is 0. The second-order valence-corrected chi connectivity index (χ2v) is 2.78. The predicted octanol–water partition coefficient (Wildman–Crippen LogP) is 1.43. The van der Waals surface area contributed by atoms with Crippen molar-refractivity contribution in [3.63, 3.8) is 0 Å². The van der Waals surface area contributed by atoms with Gasteiger partial charge in [0, 0.05) is 11.8 Å². The van der Waals surface area contributed by atoms with Crippen molar-refractivity contribution in [1.29, 1.82) is 0 Å². The van der Waals surface area contributed by atoms with E-state index in [-0.39, 0.29) is 0 Å². The minimum Gasteiger partial charge on any atom is -0.292 e. The molecule has 0 aliphatic heterocycles. The maximum Gasteiger partial charge on any atom is 0.237 e. The topological polar surface area (TPSA) is 63.8 Å². The van der Waals surface area contributed by atoms with Gasteiger partial charge in [-0.1, -0.05) is 30.3 Å². The number of nitrogens with one attached hydrogen (secondary N) is 1. The fourth-order valence-electron chi connectivity index (χ4n) is 1.20. The highest BCUT2D eigenvalue weighted by Crippen LogP contribution is 2.16. The first-order valence-electron chi connectivity index (χ1n) is 4.25. The number of nitrogens with zero attached hydrogens (tertiary/aromatic N) is 2. The molecule has 4 heteroatoms. The van der Waals surface area contributed by atoms with Crippen molar-refractivity contribution in [3.8, 4) is 11.3 Å². The van der Waals surface area contributed by atoms with Crippen molar-refractivity contribution in [3.05, 3.63) is 42.6 Å². The molecule has 2 rings (SSSR count). The lowest BCUT2D eigenvalue weighted by Crippen LogP contribution is -2.10. The highest BCUT2D eigenvalue weighted by atomic mass is 15.3. The molecule has 1 aromatic carbocycles. The first kappa shape index (κ1) is 8.65. The van der Waals surface area contributed by atoms with Crippen LogP contribution in [0, 0.1) is 0 Å². The minimum atomic E-state index is 0.423. The molecule has 0 amide bonds. The maximum absolute atomic E-state index is 5.22. The number of anilines is 1. The van der Waals surface area contributed by atoms with Crippen LogP contribution in [-0.2, 0) is 0 Å². The second kappa shape index (κ2) is 3.85. The van der Waals surface area contributed by atoms with Crippen LogP contribution in [0.25, 0.3) is 11.3 Å². The third-order valence-electron chi connectivity index (χ3n) is 1.85. The number of benzene rings is 1. The van der Waals surface area contributed by atoms with Crippen molar-refractivity contribution >= 4 is 5.95 Å². The molecule has 2 aromatic rings. The Morgan fingerprint density at radius 2 is 1.86 bits per heavy atom. The molecule has 0 spiro atoms. The van der Waals surface area contributed by atoms with Crippen LogP contribution in [0.1, 0.15) is 0 Å². The van der Waals surface area contributed by atoms with Crippen LogP contribution in [0.4, 0.5) is 5.95 Å². The van der Waals surface area contributed by atoms with E-state index in [9.17, 15) is 0 Å². The Balaban J connectivity index is 2.42. The van der Waals surface area contributed by atoms with E-state index in [1.54, 1.807) is 6.20 Å². The lowest BCUT2D eigenvalue weighted by Gasteiger charge is -2.02. The molecule has 14 heavy (non-hydrogen) atoms. The highest BCUT2D eigenvalue weighted by Gasteiger charge is 1.99. The normalized spacial score (nSPS) is 9.79. The van der Waals surface area contributed by atoms with E-state index in [4.69, 9.17) is 5.84 Å². The molecule has 1 aromatic heterocycles. The third-order valence-corrected chi connectivity index (χ3v) is 1.85. The van der Waals surface area contributed by atoms with Gasteiger partial charge >= 0.3 is 0 Å². The zero-order valence-corrected chi connectivity index (χ0v) is 7.51. The zero-order chi connectivity index (χ0) is 9.80. The molecule has 0 saturated heterocycles. The summed E-state index contributed by atoms with van der Waals surface area (Å²) in [4.78, 5) is 8.15. The van der Waals surface area contributed by atoms with Crippen molar-refractivity contribution < 1.29 is 0 Å². The number of nitrogens with two attached hydrogens (primary N) is 1. The molecule has 0 radical (unpaired) electrons. The van der Waals surface area contributed by atoms with Gasteiger partial charge in [0.1, 0.15) is 0 Å². The summed E-state index contributed by atoms with van der Waals surface area (Å²) < 4.78 is 0. The molecule has 0 bridgehead atoms. The highest BCUT2D eigenvalue weighted by molar-refractivity contribution is 5.59. The van der Waals surface area contributed by atoms with Crippen LogP contribution < -0.4 is 11.3 Å². The number of aromatic nitrogens is 2. The number of hydrazine groups is 1. The SMILES string of the molecule is NNc1nccc(-c2ccccc2)n1. The van der Waals surface area contributed by atoms with Crippen LogP contribution in [0.2, 0.25) is 0 Å². The van der Waals surface area contributed by atoms with Gasteiger partial charge in [0.2, 0.25) is 5.95 Å². The molecule has 1 heterocycles. The van der Waals surface area contributed by atoms with Crippen LogP contribution in [0.3, 0.4) is 0 Å². The van der Waals surface area contributed by atoms with Gasteiger partial charge in [0.25, 0.3) is 0 Å². The van der Waals surface area contributed by atoms with E-state index < -0.39 is 0 Å². The largest absolute Gasteiger partial charge is 0.292 e. The van der Waals surface area contributed by atoms with Crippen molar-refractivity contribution in [2.24, 2.45) is 5.84 Å². The van der Waals surface area contributed by atoms with Gasteiger partial charge in [0.05, 0.1) is 5.69 Å². The summed E-state index contributed by atoms with van der Waals surface area (Å²) in [6.45, 7) is 0. The number of hydrogen-bond acceptors (Lipinski definition) is 4. The van der Waals surface area contributed by atoms with E-state index in [1.807, 2.05) is 36.4 Å². The number of nitrogen functional groups attached to an aromatic ring is 1. The van der Waals surface area contributed by atoms with Gasteiger partial charge in [-0.2, -0.15) is 0 Å². The van der Waals surface area contributed by atoms with Gasteiger partial charge in [-0.15, -0.1) is 0 Å². The van der Waals surface area contributed by atoms with Gasteiger partial charge < -0.3 is 0 Å². The van der Waals surface area contributed by atoms with Crippen LogP contribution in [0.5, 0.6) is 0 Å². The molecule has 70 valence electrons. The van der Waals surface area contributed by atoms with Crippen molar-refractivity contribution in [2.75, 3.05) is 5.43 Å². The fraction of sp³-hybridized carbons (Fsp3) is 0. The lowest BCUT2D eigenvalue weighted by atomic mass is 10.1. The van der Waals surface area contributed by atoms with E-state index >= 15 is 0 Å². The van der Waals surface area contributed by atoms with E-state index in [0.29, 0.717) is 5.95 Å². The number of rotatable bonds is 2. The van der Waals surface area contributed by atoms with E-state index in [1.165, 1.54) is 0 Å². The molecule has 3 N–H and O–H groups in total. The fourth-order valence-corrected chi connectivity index (χ4v) is 1.20. The summed E-state index contributed by atoms with van der Waals surface area (Å²) in [5, 5.41) is 0. The quantitative estimate of drug-likeness (QED) is 0.550. The summed E-state index contributed by atoms with van der Waals surface area (Å²) in [5.41, 5.74) is 4.32. The van der Waals surface area contributed by atoms with Crippen molar-refractivity contribution in [2.45, 2.75) is 0 Å². The Morgan fingerprint density at radius 1 is 1.07 bits per heavy atom. The van der Waals surface area contributed by atoms with Crippen molar-refractivity contribution in [1.82, 2.24) is 9.97 Å². The number of hydrogen-bond donors (Lipinski definition) is 2. The molecule has 0 aliphatic rings. The molecule has 0 saturated carbocycles. The Kier molecular flexibility index (Phi) is 2.38. The Morgan fingerprint density at radius 3 is 2.57 bits per heavy atom. The van der Waals surface area contributed by atoms with Gasteiger partial charge in [-0.05, 0) is 6.07 Å². The summed E-state index contributed by atoms with van der Waals surface area (Å²) in [6, 6.07) is 11.7. The van der Waals surface area contributed by atoms with E-state index in [0.717, 1.165) is 11.3 Å². The molecule has 0 fully saturated rings. The van der Waals surface area contributed by atoms with Crippen LogP contribution in [0.15, 0.2) is 42.6 Å². The molecule has 0 atom stereocenters. The summed E-state index contributed by atoms with van der Waals surface area (Å²) in [5.74, 6) is 5.64. The zero-order valence-electron chi connectivity index (χ0n) is 7.51. The first-order valence-corrected chi connectivity index (χ1v) is 4.25. The van der Waals surface area contributed by atoms with E-state index in [2.05, 4.69) is 15.4 Å². The van der Waals surface area contributed by atoms with Crippen LogP contribution >= 0.6 is 0 Å². The average molecular weight is 186 g/mol. The Hall–Kier alpha value is -1.94.